The fourth-order valence-corrected chi connectivity index (χ4v) is 4.15. The number of carbonyl (C=O) groups excluding carboxylic acids is 1. The zero-order valence-electron chi connectivity index (χ0n) is 14.7. The lowest BCUT2D eigenvalue weighted by Gasteiger charge is -2.43. The van der Waals surface area contributed by atoms with Gasteiger partial charge in [0.2, 0.25) is 5.91 Å². The van der Waals surface area contributed by atoms with Crippen molar-refractivity contribution in [2.24, 2.45) is 0 Å². The highest BCUT2D eigenvalue weighted by Crippen LogP contribution is 2.50. The first kappa shape index (κ1) is 18.7. The Kier molecular flexibility index (Phi) is 4.49. The number of carboxylic acid groups (broad SMARTS) is 1. The van der Waals surface area contributed by atoms with Gasteiger partial charge in [-0.1, -0.05) is 12.1 Å². The number of benzene rings is 2. The Bertz CT molecular complexity index is 1000. The molecule has 0 aromatic heterocycles. The maximum absolute atomic E-state index is 14.6. The highest BCUT2D eigenvalue weighted by atomic mass is 79.9. The molecule has 2 aromatic carbocycles. The molecule has 2 aliphatic heterocycles. The molecule has 4 rings (SSSR count). The van der Waals surface area contributed by atoms with Gasteiger partial charge in [0, 0.05) is 25.1 Å². The molecular formula is C19H15BrF2N2O4. The lowest BCUT2D eigenvalue weighted by atomic mass is 9.88. The third-order valence-electron chi connectivity index (χ3n) is 5.15. The lowest BCUT2D eigenvalue weighted by Crippen LogP contribution is -2.52. The average molecular weight is 453 g/mol. The second-order valence-electron chi connectivity index (χ2n) is 6.70. The van der Waals surface area contributed by atoms with Crippen molar-refractivity contribution in [1.82, 2.24) is 4.90 Å². The van der Waals surface area contributed by atoms with E-state index in [0.717, 1.165) is 11.0 Å². The normalized spacial score (nSPS) is 20.4. The van der Waals surface area contributed by atoms with E-state index in [9.17, 15) is 23.5 Å². The minimum atomic E-state index is -1.16. The van der Waals surface area contributed by atoms with Gasteiger partial charge in [0.15, 0.2) is 17.3 Å². The zero-order valence-corrected chi connectivity index (χ0v) is 16.2. The number of rotatable bonds is 1. The first-order valence-corrected chi connectivity index (χ1v) is 9.32. The largest absolute Gasteiger partial charge is 0.465 e. The van der Waals surface area contributed by atoms with Crippen LogP contribution in [0.3, 0.4) is 0 Å². The van der Waals surface area contributed by atoms with Crippen LogP contribution in [0.4, 0.5) is 19.3 Å². The molecule has 0 unspecified atom stereocenters. The highest BCUT2D eigenvalue weighted by molar-refractivity contribution is 9.10. The van der Waals surface area contributed by atoms with E-state index in [0.29, 0.717) is 5.56 Å². The molecule has 2 aliphatic rings. The molecule has 0 spiro atoms. The summed E-state index contributed by atoms with van der Waals surface area (Å²) >= 11 is 3.11. The van der Waals surface area contributed by atoms with Crippen molar-refractivity contribution in [2.45, 2.75) is 24.9 Å². The van der Waals surface area contributed by atoms with Gasteiger partial charge in [-0.25, -0.2) is 13.6 Å². The Morgan fingerprint density at radius 2 is 2.07 bits per heavy atom. The van der Waals surface area contributed by atoms with Gasteiger partial charge in [0.1, 0.15) is 5.82 Å². The molecule has 2 heterocycles. The van der Waals surface area contributed by atoms with Crippen LogP contribution in [0, 0.1) is 11.6 Å². The number of nitrogens with zero attached hydrogens (tertiary/aromatic N) is 2. The number of fused-ring (bicyclic) bond motifs is 5. The Morgan fingerprint density at radius 3 is 2.79 bits per heavy atom. The molecule has 0 saturated carbocycles. The van der Waals surface area contributed by atoms with Crippen molar-refractivity contribution in [3.63, 3.8) is 0 Å². The van der Waals surface area contributed by atoms with Crippen molar-refractivity contribution in [3.8, 4) is 11.5 Å². The van der Waals surface area contributed by atoms with Gasteiger partial charge >= 0.3 is 6.09 Å². The molecule has 2 aromatic rings. The predicted molar refractivity (Wildman–Crippen MR) is 99.6 cm³/mol. The van der Waals surface area contributed by atoms with Crippen LogP contribution in [0.2, 0.25) is 0 Å². The summed E-state index contributed by atoms with van der Waals surface area (Å²) < 4.78 is 34.6. The van der Waals surface area contributed by atoms with E-state index in [1.165, 1.54) is 30.1 Å². The Morgan fingerprint density at radius 1 is 1.32 bits per heavy atom. The van der Waals surface area contributed by atoms with Crippen molar-refractivity contribution >= 4 is 33.6 Å². The summed E-state index contributed by atoms with van der Waals surface area (Å²) in [5.41, 5.74) is 0.584. The standard InChI is InChI=1S/C19H15BrF2N2O4/c1-23(19(26)27)13-5-6-16(25)24-14-7-10(20)12(22)8-15(14)28-18-9(17(13)24)3-2-4-11(18)21/h2-4,7-8,13,17H,5-6H2,1H3,(H,26,27)/t13-,17+/m1/s1. The fraction of sp³-hybridized carbons (Fsp3) is 0.263. The molecule has 9 heteroatoms. The summed E-state index contributed by atoms with van der Waals surface area (Å²) in [5, 5.41) is 9.50. The smallest absolute Gasteiger partial charge is 0.407 e. The van der Waals surface area contributed by atoms with Crippen LogP contribution in [0.25, 0.3) is 0 Å². The van der Waals surface area contributed by atoms with Crippen LogP contribution < -0.4 is 9.64 Å². The molecule has 0 radical (unpaired) electrons. The van der Waals surface area contributed by atoms with Crippen LogP contribution in [-0.4, -0.2) is 35.1 Å². The van der Waals surface area contributed by atoms with Gasteiger partial charge in [-0.3, -0.25) is 9.69 Å². The third kappa shape index (κ3) is 2.81. The van der Waals surface area contributed by atoms with Crippen LogP contribution in [0.15, 0.2) is 34.8 Å². The minimum absolute atomic E-state index is 0.0125. The van der Waals surface area contributed by atoms with Gasteiger partial charge < -0.3 is 14.7 Å². The Labute approximate surface area is 167 Å². The second-order valence-corrected chi connectivity index (χ2v) is 7.56. The van der Waals surface area contributed by atoms with Crippen LogP contribution >= 0.6 is 15.9 Å². The van der Waals surface area contributed by atoms with Crippen molar-refractivity contribution < 1.29 is 28.2 Å². The molecule has 1 N–H and O–H groups in total. The van der Waals surface area contributed by atoms with Gasteiger partial charge in [-0.05, 0) is 34.5 Å². The van der Waals surface area contributed by atoms with E-state index >= 15 is 0 Å². The molecule has 1 fully saturated rings. The number of hydrogen-bond acceptors (Lipinski definition) is 3. The number of anilines is 1. The first-order chi connectivity index (χ1) is 13.3. The molecule has 6 nitrogen and oxygen atoms in total. The quantitative estimate of drug-likeness (QED) is 0.681. The van der Waals surface area contributed by atoms with Gasteiger partial charge in [-0.15, -0.1) is 0 Å². The summed E-state index contributed by atoms with van der Waals surface area (Å²) in [6.07, 6.45) is -0.795. The average Bonchev–Trinajstić information content (AvgIpc) is 2.79. The molecule has 0 aliphatic carbocycles. The van der Waals surface area contributed by atoms with E-state index in [-0.39, 0.29) is 40.4 Å². The van der Waals surface area contributed by atoms with E-state index in [4.69, 9.17) is 4.74 Å². The van der Waals surface area contributed by atoms with E-state index < -0.39 is 29.8 Å². The van der Waals surface area contributed by atoms with Crippen molar-refractivity contribution in [1.29, 1.82) is 0 Å². The maximum atomic E-state index is 14.6. The van der Waals surface area contributed by atoms with E-state index in [1.807, 2.05) is 0 Å². The lowest BCUT2D eigenvalue weighted by molar-refractivity contribution is -0.121. The third-order valence-corrected chi connectivity index (χ3v) is 5.76. The van der Waals surface area contributed by atoms with Gasteiger partial charge in [0.25, 0.3) is 0 Å². The summed E-state index contributed by atoms with van der Waals surface area (Å²) in [6, 6.07) is 5.29. The van der Waals surface area contributed by atoms with Crippen LogP contribution in [0.1, 0.15) is 24.4 Å². The minimum Gasteiger partial charge on any atom is -0.465 e. The first-order valence-electron chi connectivity index (χ1n) is 8.52. The van der Waals surface area contributed by atoms with Gasteiger partial charge in [0.05, 0.1) is 22.2 Å². The summed E-state index contributed by atoms with van der Waals surface area (Å²) in [7, 11) is 1.41. The Hall–Kier alpha value is -2.68. The topological polar surface area (TPSA) is 70.1 Å². The fourth-order valence-electron chi connectivity index (χ4n) is 3.82. The highest BCUT2D eigenvalue weighted by Gasteiger charge is 2.45. The SMILES string of the molecule is CN(C(=O)O)[C@@H]1CCC(=O)N2c3cc(Br)c(F)cc3Oc3c(F)cccc3[C@@H]12. The number of para-hydroxylation sites is 1. The number of likely N-dealkylation sites (N-methyl/N-ethyl adjacent to an activating group) is 1. The van der Waals surface area contributed by atoms with Crippen molar-refractivity contribution in [3.05, 3.63) is 52.0 Å². The summed E-state index contributed by atoms with van der Waals surface area (Å²) in [5.74, 6) is -1.74. The Balaban J connectivity index is 2.01. The number of carbonyl (C=O) groups is 2. The van der Waals surface area contributed by atoms with Crippen molar-refractivity contribution in [2.75, 3.05) is 11.9 Å². The van der Waals surface area contributed by atoms with E-state index in [2.05, 4.69) is 15.9 Å². The molecule has 146 valence electrons. The zero-order chi connectivity index (χ0) is 20.2. The van der Waals surface area contributed by atoms with Crippen LogP contribution in [0.5, 0.6) is 11.5 Å². The van der Waals surface area contributed by atoms with Gasteiger partial charge in [-0.2, -0.15) is 0 Å². The summed E-state index contributed by atoms with van der Waals surface area (Å²) in [6.45, 7) is 0. The van der Waals surface area contributed by atoms with Crippen LogP contribution in [-0.2, 0) is 4.79 Å². The maximum Gasteiger partial charge on any atom is 0.407 e. The van der Waals surface area contributed by atoms with E-state index in [1.54, 1.807) is 6.07 Å². The number of amides is 2. The number of hydrogen-bond donors (Lipinski definition) is 1. The second kappa shape index (κ2) is 6.73. The monoisotopic (exact) mass is 452 g/mol. The molecule has 0 bridgehead atoms. The number of piperidine rings is 1. The predicted octanol–water partition coefficient (Wildman–Crippen LogP) is 4.68. The number of halogens is 3. The molecule has 2 amide bonds. The summed E-state index contributed by atoms with van der Waals surface area (Å²) in [4.78, 5) is 27.0. The molecular weight excluding hydrogens is 438 g/mol. The molecule has 28 heavy (non-hydrogen) atoms. The number of ether oxygens (including phenoxy) is 1. The molecule has 2 atom stereocenters. The molecule has 1 saturated heterocycles.